The third-order valence-electron chi connectivity index (χ3n) is 1.81. The van der Waals surface area contributed by atoms with Crippen molar-refractivity contribution in [2.75, 3.05) is 11.2 Å². The highest BCUT2D eigenvalue weighted by atomic mass is 35.5. The molecular formula is C10H9ClFNO3. The molecule has 0 radical (unpaired) electrons. The zero-order valence-corrected chi connectivity index (χ0v) is 8.92. The highest BCUT2D eigenvalue weighted by Gasteiger charge is 2.13. The van der Waals surface area contributed by atoms with Crippen molar-refractivity contribution in [3.05, 3.63) is 29.6 Å². The zero-order chi connectivity index (χ0) is 12.1. The maximum absolute atomic E-state index is 12.8. The van der Waals surface area contributed by atoms with E-state index in [1.807, 2.05) is 0 Å². The molecule has 1 amide bonds. The molecule has 0 spiro atoms. The number of hydrogen-bond acceptors (Lipinski definition) is 2. The van der Waals surface area contributed by atoms with Gasteiger partial charge in [0, 0.05) is 12.3 Å². The SMILES string of the molecule is O=C(CCCl)Nc1ccc(F)cc1C(=O)O. The van der Waals surface area contributed by atoms with Gasteiger partial charge in [0.2, 0.25) is 5.91 Å². The van der Waals surface area contributed by atoms with Crippen LogP contribution in [0.3, 0.4) is 0 Å². The van der Waals surface area contributed by atoms with Crippen molar-refractivity contribution in [1.29, 1.82) is 0 Å². The number of carboxylic acid groups (broad SMARTS) is 1. The molecule has 0 saturated carbocycles. The first kappa shape index (κ1) is 12.4. The molecule has 0 aliphatic heterocycles. The molecule has 86 valence electrons. The van der Waals surface area contributed by atoms with Gasteiger partial charge in [0.05, 0.1) is 11.3 Å². The fourth-order valence-electron chi connectivity index (χ4n) is 1.10. The lowest BCUT2D eigenvalue weighted by Gasteiger charge is -2.07. The summed E-state index contributed by atoms with van der Waals surface area (Å²) in [6, 6.07) is 3.12. The molecule has 0 aliphatic rings. The van der Waals surface area contributed by atoms with E-state index in [0.717, 1.165) is 12.1 Å². The smallest absolute Gasteiger partial charge is 0.337 e. The van der Waals surface area contributed by atoms with E-state index in [0.29, 0.717) is 0 Å². The topological polar surface area (TPSA) is 66.4 Å². The van der Waals surface area contributed by atoms with Crippen LogP contribution in [0.5, 0.6) is 0 Å². The molecule has 4 nitrogen and oxygen atoms in total. The predicted octanol–water partition coefficient (Wildman–Crippen LogP) is 2.09. The Morgan fingerprint density at radius 3 is 2.69 bits per heavy atom. The number of rotatable bonds is 4. The first-order valence-electron chi connectivity index (χ1n) is 4.43. The standard InChI is InChI=1S/C10H9ClFNO3/c11-4-3-9(14)13-8-2-1-6(12)5-7(8)10(15)16/h1-2,5H,3-4H2,(H,13,14)(H,15,16). The molecule has 0 fully saturated rings. The number of aromatic carboxylic acids is 1. The number of benzene rings is 1. The van der Waals surface area contributed by atoms with Crippen LogP contribution in [0, 0.1) is 5.82 Å². The van der Waals surface area contributed by atoms with Gasteiger partial charge in [-0.05, 0) is 18.2 Å². The lowest BCUT2D eigenvalue weighted by molar-refractivity contribution is -0.115. The van der Waals surface area contributed by atoms with Gasteiger partial charge < -0.3 is 10.4 Å². The molecule has 0 heterocycles. The minimum Gasteiger partial charge on any atom is -0.478 e. The molecule has 0 aromatic heterocycles. The van der Waals surface area contributed by atoms with Crippen molar-refractivity contribution in [3.8, 4) is 0 Å². The monoisotopic (exact) mass is 245 g/mol. The van der Waals surface area contributed by atoms with E-state index in [1.54, 1.807) is 0 Å². The molecule has 2 N–H and O–H groups in total. The van der Waals surface area contributed by atoms with Gasteiger partial charge in [0.1, 0.15) is 5.82 Å². The second-order valence-corrected chi connectivity index (χ2v) is 3.36. The van der Waals surface area contributed by atoms with Crippen molar-refractivity contribution >= 4 is 29.2 Å². The van der Waals surface area contributed by atoms with E-state index in [9.17, 15) is 14.0 Å². The molecule has 6 heteroatoms. The number of hydrogen-bond donors (Lipinski definition) is 2. The second-order valence-electron chi connectivity index (χ2n) is 2.98. The van der Waals surface area contributed by atoms with Gasteiger partial charge in [-0.3, -0.25) is 4.79 Å². The molecule has 0 atom stereocenters. The van der Waals surface area contributed by atoms with Crippen molar-refractivity contribution < 1.29 is 19.1 Å². The van der Waals surface area contributed by atoms with E-state index in [4.69, 9.17) is 16.7 Å². The summed E-state index contributed by atoms with van der Waals surface area (Å²) >= 11 is 5.35. The molecule has 0 unspecified atom stereocenters. The van der Waals surface area contributed by atoms with E-state index < -0.39 is 17.7 Å². The van der Waals surface area contributed by atoms with Crippen LogP contribution in [0.25, 0.3) is 0 Å². The van der Waals surface area contributed by atoms with Crippen molar-refractivity contribution in [3.63, 3.8) is 0 Å². The molecule has 1 rings (SSSR count). The highest BCUT2D eigenvalue weighted by Crippen LogP contribution is 2.17. The summed E-state index contributed by atoms with van der Waals surface area (Å²) in [5, 5.41) is 11.1. The first-order valence-corrected chi connectivity index (χ1v) is 4.96. The Bertz CT molecular complexity index is 423. The van der Waals surface area contributed by atoms with Crippen LogP contribution in [0.4, 0.5) is 10.1 Å². The Kier molecular flexibility index (Phi) is 4.25. The normalized spacial score (nSPS) is 9.88. The molecule has 0 bridgehead atoms. The van der Waals surface area contributed by atoms with Crippen LogP contribution >= 0.6 is 11.6 Å². The number of carboxylic acids is 1. The van der Waals surface area contributed by atoms with Gasteiger partial charge in [-0.15, -0.1) is 11.6 Å². The summed E-state index contributed by atoms with van der Waals surface area (Å²) in [7, 11) is 0. The lowest BCUT2D eigenvalue weighted by Crippen LogP contribution is -2.14. The highest BCUT2D eigenvalue weighted by molar-refractivity contribution is 6.19. The fourth-order valence-corrected chi connectivity index (χ4v) is 1.27. The summed E-state index contributed by atoms with van der Waals surface area (Å²) < 4.78 is 12.8. The van der Waals surface area contributed by atoms with Crippen molar-refractivity contribution in [2.45, 2.75) is 6.42 Å². The van der Waals surface area contributed by atoms with E-state index >= 15 is 0 Å². The van der Waals surface area contributed by atoms with Gasteiger partial charge in [-0.1, -0.05) is 0 Å². The number of halogens is 2. The number of anilines is 1. The molecule has 16 heavy (non-hydrogen) atoms. The van der Waals surface area contributed by atoms with Crippen LogP contribution in [0.15, 0.2) is 18.2 Å². The Hall–Kier alpha value is -1.62. The average Bonchev–Trinajstić information content (AvgIpc) is 2.20. The Morgan fingerprint density at radius 1 is 1.44 bits per heavy atom. The van der Waals surface area contributed by atoms with Crippen molar-refractivity contribution in [1.82, 2.24) is 0 Å². The third kappa shape index (κ3) is 3.20. The van der Waals surface area contributed by atoms with E-state index in [-0.39, 0.29) is 23.6 Å². The molecule has 0 aliphatic carbocycles. The maximum Gasteiger partial charge on any atom is 0.337 e. The largest absolute Gasteiger partial charge is 0.478 e. The van der Waals surface area contributed by atoms with E-state index in [2.05, 4.69) is 5.32 Å². The summed E-state index contributed by atoms with van der Waals surface area (Å²) in [5.41, 5.74) is -0.230. The molecule has 1 aromatic rings. The average molecular weight is 246 g/mol. The van der Waals surface area contributed by atoms with Crippen LogP contribution in [-0.4, -0.2) is 22.9 Å². The molecule has 0 saturated heterocycles. The minimum absolute atomic E-state index is 0.0593. The van der Waals surface area contributed by atoms with Crippen LogP contribution < -0.4 is 5.32 Å². The Labute approximate surface area is 96.0 Å². The second kappa shape index (κ2) is 5.46. The first-order chi connectivity index (χ1) is 7.54. The van der Waals surface area contributed by atoms with Crippen LogP contribution in [0.1, 0.15) is 16.8 Å². The van der Waals surface area contributed by atoms with Crippen LogP contribution in [0.2, 0.25) is 0 Å². The molecular weight excluding hydrogens is 237 g/mol. The number of carbonyl (C=O) groups is 2. The number of alkyl halides is 1. The summed E-state index contributed by atoms with van der Waals surface area (Å²) in [6.45, 7) is 0. The van der Waals surface area contributed by atoms with Gasteiger partial charge in [-0.2, -0.15) is 0 Å². The van der Waals surface area contributed by atoms with Gasteiger partial charge in [0.15, 0.2) is 0 Å². The summed E-state index contributed by atoms with van der Waals surface area (Å²) in [6.07, 6.45) is 0.0675. The zero-order valence-electron chi connectivity index (χ0n) is 8.17. The Balaban J connectivity index is 2.95. The number of carbonyl (C=O) groups excluding carboxylic acids is 1. The lowest BCUT2D eigenvalue weighted by atomic mass is 10.1. The van der Waals surface area contributed by atoms with E-state index in [1.165, 1.54) is 6.07 Å². The van der Waals surface area contributed by atoms with Gasteiger partial charge in [0.25, 0.3) is 0 Å². The minimum atomic E-state index is -1.30. The molecule has 1 aromatic carbocycles. The number of amides is 1. The van der Waals surface area contributed by atoms with Gasteiger partial charge in [-0.25, -0.2) is 9.18 Å². The Morgan fingerprint density at radius 2 is 2.12 bits per heavy atom. The van der Waals surface area contributed by atoms with Crippen LogP contribution in [-0.2, 0) is 4.79 Å². The van der Waals surface area contributed by atoms with Crippen molar-refractivity contribution in [2.24, 2.45) is 0 Å². The van der Waals surface area contributed by atoms with Gasteiger partial charge >= 0.3 is 5.97 Å². The third-order valence-corrected chi connectivity index (χ3v) is 2.00. The quantitative estimate of drug-likeness (QED) is 0.799. The predicted molar refractivity (Wildman–Crippen MR) is 57.3 cm³/mol. The fraction of sp³-hybridized carbons (Fsp3) is 0.200. The maximum atomic E-state index is 12.8. The summed E-state index contributed by atoms with van der Waals surface area (Å²) in [4.78, 5) is 22.0. The number of nitrogens with one attached hydrogen (secondary N) is 1. The summed E-state index contributed by atoms with van der Waals surface area (Å²) in [5.74, 6) is -2.26.